The predicted molar refractivity (Wildman–Crippen MR) is 101 cm³/mol. The Hall–Kier alpha value is -1.00. The van der Waals surface area contributed by atoms with Crippen molar-refractivity contribution in [3.05, 3.63) is 29.8 Å². The molecule has 3 nitrogen and oxygen atoms in total. The van der Waals surface area contributed by atoms with Crippen molar-refractivity contribution in [2.24, 2.45) is 11.3 Å². The van der Waals surface area contributed by atoms with Crippen LogP contribution in [0.2, 0.25) is 0 Å². The van der Waals surface area contributed by atoms with Gasteiger partial charge < -0.3 is 10.6 Å². The summed E-state index contributed by atoms with van der Waals surface area (Å²) in [7, 11) is 0. The van der Waals surface area contributed by atoms with Gasteiger partial charge in [-0.1, -0.05) is 25.0 Å². The zero-order valence-electron chi connectivity index (χ0n) is 14.4. The van der Waals surface area contributed by atoms with E-state index in [9.17, 15) is 4.79 Å². The van der Waals surface area contributed by atoms with E-state index in [4.69, 9.17) is 0 Å². The summed E-state index contributed by atoms with van der Waals surface area (Å²) in [6, 6.07) is 8.45. The number of carbonyl (C=O) groups excluding carboxylic acids is 1. The van der Waals surface area contributed by atoms with Gasteiger partial charge in [-0.25, -0.2) is 0 Å². The molecule has 2 aliphatic carbocycles. The smallest absolute Gasteiger partial charge is 0.228 e. The lowest BCUT2D eigenvalue weighted by Crippen LogP contribution is -2.31. The van der Waals surface area contributed by atoms with Crippen molar-refractivity contribution < 1.29 is 4.79 Å². The van der Waals surface area contributed by atoms with E-state index in [1.54, 1.807) is 0 Å². The number of benzene rings is 1. The molecule has 1 heterocycles. The van der Waals surface area contributed by atoms with E-state index in [0.717, 1.165) is 49.0 Å². The Labute approximate surface area is 149 Å². The van der Waals surface area contributed by atoms with Gasteiger partial charge in [0.25, 0.3) is 0 Å². The van der Waals surface area contributed by atoms with Crippen LogP contribution in [-0.2, 0) is 10.5 Å². The summed E-state index contributed by atoms with van der Waals surface area (Å²) < 4.78 is 0. The molecule has 3 fully saturated rings. The minimum Gasteiger partial charge on any atom is -0.326 e. The van der Waals surface area contributed by atoms with Gasteiger partial charge in [0.1, 0.15) is 0 Å². The molecule has 1 aromatic rings. The van der Waals surface area contributed by atoms with E-state index < -0.39 is 0 Å². The van der Waals surface area contributed by atoms with Crippen molar-refractivity contribution in [1.29, 1.82) is 0 Å². The van der Waals surface area contributed by atoms with Crippen LogP contribution in [0.1, 0.15) is 50.5 Å². The maximum absolute atomic E-state index is 12.6. The molecule has 1 amide bonds. The Balaban J connectivity index is 1.31. The fourth-order valence-electron chi connectivity index (χ4n) is 4.43. The van der Waals surface area contributed by atoms with Crippen molar-refractivity contribution >= 4 is 23.4 Å². The van der Waals surface area contributed by atoms with E-state index >= 15 is 0 Å². The molecule has 3 aliphatic rings. The van der Waals surface area contributed by atoms with Crippen LogP contribution in [0.4, 0.5) is 5.69 Å². The third-order valence-corrected chi connectivity index (χ3v) is 7.53. The second-order valence-electron chi connectivity index (χ2n) is 7.78. The van der Waals surface area contributed by atoms with Crippen LogP contribution >= 0.6 is 11.8 Å². The number of rotatable bonds is 5. The largest absolute Gasteiger partial charge is 0.326 e. The van der Waals surface area contributed by atoms with Crippen LogP contribution in [-0.4, -0.2) is 24.2 Å². The van der Waals surface area contributed by atoms with Crippen molar-refractivity contribution in [3.63, 3.8) is 0 Å². The zero-order chi connectivity index (χ0) is 16.4. The van der Waals surface area contributed by atoms with Gasteiger partial charge in [0.2, 0.25) is 5.91 Å². The second kappa shape index (κ2) is 7.09. The van der Waals surface area contributed by atoms with Gasteiger partial charge in [0.15, 0.2) is 0 Å². The lowest BCUT2D eigenvalue weighted by molar-refractivity contribution is -0.118. The molecule has 1 aromatic carbocycles. The standard InChI is InChI=1S/C20H28N2OS/c23-19(18-13-20(18)8-10-21-11-9-20)22-16-5-3-4-15(12-16)14-24-17-6-1-2-7-17/h3-5,12,17-18,21H,1-2,6-11,13-14H2,(H,22,23). The van der Waals surface area contributed by atoms with Crippen molar-refractivity contribution in [2.45, 2.75) is 55.9 Å². The molecule has 2 N–H and O–H groups in total. The van der Waals surface area contributed by atoms with E-state index in [1.165, 1.54) is 31.2 Å². The highest BCUT2D eigenvalue weighted by Crippen LogP contribution is 2.58. The molecule has 1 unspecified atom stereocenters. The molecule has 1 saturated heterocycles. The Morgan fingerprint density at radius 1 is 1.25 bits per heavy atom. The molecule has 24 heavy (non-hydrogen) atoms. The lowest BCUT2D eigenvalue weighted by atomic mass is 9.92. The topological polar surface area (TPSA) is 41.1 Å². The normalized spacial score (nSPS) is 25.8. The molecule has 2 saturated carbocycles. The third kappa shape index (κ3) is 3.65. The first-order chi connectivity index (χ1) is 11.8. The van der Waals surface area contributed by atoms with Gasteiger partial charge in [-0.3, -0.25) is 4.79 Å². The Kier molecular flexibility index (Phi) is 4.86. The quantitative estimate of drug-likeness (QED) is 0.841. The Morgan fingerprint density at radius 3 is 2.83 bits per heavy atom. The summed E-state index contributed by atoms with van der Waals surface area (Å²) in [6.07, 6.45) is 8.93. The highest BCUT2D eigenvalue weighted by molar-refractivity contribution is 7.99. The average molecular weight is 345 g/mol. The van der Waals surface area contributed by atoms with Crippen molar-refractivity contribution in [3.8, 4) is 0 Å². The van der Waals surface area contributed by atoms with Crippen LogP contribution < -0.4 is 10.6 Å². The van der Waals surface area contributed by atoms with Gasteiger partial charge in [-0.15, -0.1) is 0 Å². The average Bonchev–Trinajstić information content (AvgIpc) is 3.05. The van der Waals surface area contributed by atoms with E-state index in [0.29, 0.717) is 5.41 Å². The number of thioether (sulfide) groups is 1. The van der Waals surface area contributed by atoms with Crippen LogP contribution in [0, 0.1) is 11.3 Å². The molecule has 130 valence electrons. The summed E-state index contributed by atoms with van der Waals surface area (Å²) in [5.74, 6) is 1.53. The van der Waals surface area contributed by atoms with Gasteiger partial charge in [-0.05, 0) is 68.3 Å². The third-order valence-electron chi connectivity index (χ3n) is 6.09. The first-order valence-corrected chi connectivity index (χ1v) is 10.5. The first-order valence-electron chi connectivity index (χ1n) is 9.47. The number of piperidine rings is 1. The lowest BCUT2D eigenvalue weighted by Gasteiger charge is -2.23. The molecular formula is C20H28N2OS. The molecule has 1 aliphatic heterocycles. The predicted octanol–water partition coefficient (Wildman–Crippen LogP) is 4.19. The molecule has 0 bridgehead atoms. The van der Waals surface area contributed by atoms with Gasteiger partial charge in [-0.2, -0.15) is 11.8 Å². The number of anilines is 1. The fraction of sp³-hybridized carbons (Fsp3) is 0.650. The van der Waals surface area contributed by atoms with E-state index in [-0.39, 0.29) is 11.8 Å². The Morgan fingerprint density at radius 2 is 2.04 bits per heavy atom. The maximum atomic E-state index is 12.6. The molecule has 0 radical (unpaired) electrons. The second-order valence-corrected chi connectivity index (χ2v) is 9.06. The highest BCUT2D eigenvalue weighted by atomic mass is 32.2. The van der Waals surface area contributed by atoms with Crippen LogP contribution in [0.25, 0.3) is 0 Å². The van der Waals surface area contributed by atoms with Gasteiger partial charge in [0, 0.05) is 22.6 Å². The van der Waals surface area contributed by atoms with Crippen LogP contribution in [0.5, 0.6) is 0 Å². The summed E-state index contributed by atoms with van der Waals surface area (Å²) in [5, 5.41) is 7.42. The minimum atomic E-state index is 0.233. The number of amides is 1. The van der Waals surface area contributed by atoms with Crippen molar-refractivity contribution in [1.82, 2.24) is 5.32 Å². The number of hydrogen-bond donors (Lipinski definition) is 2. The van der Waals surface area contributed by atoms with Crippen LogP contribution in [0.15, 0.2) is 24.3 Å². The number of hydrogen-bond acceptors (Lipinski definition) is 3. The van der Waals surface area contributed by atoms with E-state index in [1.807, 2.05) is 6.07 Å². The van der Waals surface area contributed by atoms with Gasteiger partial charge in [0.05, 0.1) is 0 Å². The van der Waals surface area contributed by atoms with Crippen molar-refractivity contribution in [2.75, 3.05) is 18.4 Å². The monoisotopic (exact) mass is 344 g/mol. The zero-order valence-corrected chi connectivity index (χ0v) is 15.2. The van der Waals surface area contributed by atoms with E-state index in [2.05, 4.69) is 40.6 Å². The number of carbonyl (C=O) groups is 1. The highest BCUT2D eigenvalue weighted by Gasteiger charge is 2.57. The summed E-state index contributed by atoms with van der Waals surface area (Å²) in [6.45, 7) is 2.13. The maximum Gasteiger partial charge on any atom is 0.228 e. The minimum absolute atomic E-state index is 0.233. The first kappa shape index (κ1) is 16.5. The summed E-state index contributed by atoms with van der Waals surface area (Å²) in [5.41, 5.74) is 2.61. The summed E-state index contributed by atoms with van der Waals surface area (Å²) >= 11 is 2.08. The Bertz CT molecular complexity index is 591. The summed E-state index contributed by atoms with van der Waals surface area (Å²) in [4.78, 5) is 12.6. The molecule has 4 rings (SSSR count). The number of nitrogens with one attached hydrogen (secondary N) is 2. The molecule has 1 atom stereocenters. The molecule has 4 heteroatoms. The fourth-order valence-corrected chi connectivity index (χ4v) is 5.71. The van der Waals surface area contributed by atoms with Gasteiger partial charge >= 0.3 is 0 Å². The molecule has 0 aromatic heterocycles. The molecular weight excluding hydrogens is 316 g/mol. The SMILES string of the molecule is O=C(Nc1cccc(CSC2CCCC2)c1)C1CC12CCNCC2. The van der Waals surface area contributed by atoms with Crippen LogP contribution in [0.3, 0.4) is 0 Å². The molecule has 1 spiro atoms.